The van der Waals surface area contributed by atoms with Crippen molar-refractivity contribution in [2.45, 2.75) is 68.9 Å². The molecule has 268 valence electrons. The summed E-state index contributed by atoms with van der Waals surface area (Å²) < 4.78 is 51.5. The van der Waals surface area contributed by atoms with E-state index in [0.717, 1.165) is 30.6 Å². The van der Waals surface area contributed by atoms with Gasteiger partial charge in [-0.15, -0.1) is 11.3 Å². The molecule has 6 N–H and O–H groups in total. The molecule has 5 atom stereocenters. The van der Waals surface area contributed by atoms with Gasteiger partial charge in [0.05, 0.1) is 25.1 Å². The number of rotatable bonds is 12. The van der Waals surface area contributed by atoms with E-state index in [4.69, 9.17) is 10.5 Å². The van der Waals surface area contributed by atoms with Crippen molar-refractivity contribution in [2.75, 3.05) is 26.8 Å². The van der Waals surface area contributed by atoms with Crippen LogP contribution in [-0.4, -0.2) is 106 Å². The first-order valence-electron chi connectivity index (χ1n) is 15.2. The van der Waals surface area contributed by atoms with Crippen LogP contribution in [0.4, 0.5) is 13.6 Å². The number of nitrogens with zero attached hydrogens (tertiary/aromatic N) is 2. The number of alkyl halides is 2. The molecule has 2 fully saturated rings. The van der Waals surface area contributed by atoms with Gasteiger partial charge in [-0.2, -0.15) is 8.78 Å². The van der Waals surface area contributed by atoms with Crippen molar-refractivity contribution in [3.05, 3.63) is 34.7 Å². The normalized spacial score (nSPS) is 21.6. The Morgan fingerprint density at radius 2 is 1.90 bits per heavy atom. The number of carboxylic acid groups (broad SMARTS) is 1. The minimum absolute atomic E-state index is 0.0158. The standard InChI is InChI=1S/C29H36F2N5O11PS/c1-3-47-48(44,45)29(30,31)16-4-8-21-15(12-16)13-22(49-21)25(39)34-19-14-35(28(43)46-2)11-10-17-5-7-20(36(17)26(19)40)24(38)33-18(27(41)42)6-9-23(32)37/h4,8,12-13,17-20H,3,5-7,9-11,14H2,1-2H3,(H2,32,37)(H,33,38)(H,34,39)(H,41,42)(H,44,45)/t17-,18+,19+,20+/m1/s1. The Hall–Kier alpha value is -4.19. The van der Waals surface area contributed by atoms with Crippen molar-refractivity contribution in [1.29, 1.82) is 0 Å². The lowest BCUT2D eigenvalue weighted by molar-refractivity contribution is -0.146. The third kappa shape index (κ3) is 8.17. The maximum atomic E-state index is 14.9. The Kier molecular flexibility index (Phi) is 11.6. The summed E-state index contributed by atoms with van der Waals surface area (Å²) in [5.41, 5.74) is 0.0676. The Bertz CT molecular complexity index is 1690. The molecule has 16 nitrogen and oxygen atoms in total. The first-order chi connectivity index (χ1) is 23.0. The molecule has 0 bridgehead atoms. The van der Waals surface area contributed by atoms with Gasteiger partial charge in [0.1, 0.15) is 18.1 Å². The Labute approximate surface area is 282 Å². The van der Waals surface area contributed by atoms with Gasteiger partial charge in [0.2, 0.25) is 17.7 Å². The van der Waals surface area contributed by atoms with Crippen LogP contribution in [-0.2, 0) is 38.7 Å². The number of thiophene rings is 1. The van der Waals surface area contributed by atoms with E-state index in [1.807, 2.05) is 0 Å². The van der Waals surface area contributed by atoms with E-state index in [-0.39, 0.29) is 49.0 Å². The van der Waals surface area contributed by atoms with Crippen LogP contribution in [0.15, 0.2) is 24.3 Å². The maximum absolute atomic E-state index is 14.9. The number of halogens is 2. The highest BCUT2D eigenvalue weighted by Crippen LogP contribution is 2.63. The predicted molar refractivity (Wildman–Crippen MR) is 169 cm³/mol. The van der Waals surface area contributed by atoms with Gasteiger partial charge in [-0.25, -0.2) is 9.59 Å². The largest absolute Gasteiger partial charge is 0.480 e. The van der Waals surface area contributed by atoms with E-state index in [2.05, 4.69) is 15.2 Å². The van der Waals surface area contributed by atoms with Gasteiger partial charge < -0.3 is 45.4 Å². The molecule has 2 aromatic rings. The summed E-state index contributed by atoms with van der Waals surface area (Å²) in [4.78, 5) is 88.7. The van der Waals surface area contributed by atoms with Gasteiger partial charge in [-0.05, 0) is 56.2 Å². The third-order valence-corrected chi connectivity index (χ3v) is 11.0. The molecule has 1 aromatic heterocycles. The number of primary amides is 1. The highest BCUT2D eigenvalue weighted by atomic mass is 32.1. The maximum Gasteiger partial charge on any atom is 0.409 e. The van der Waals surface area contributed by atoms with Crippen LogP contribution in [0.2, 0.25) is 0 Å². The van der Waals surface area contributed by atoms with Crippen LogP contribution in [0.3, 0.4) is 0 Å². The quantitative estimate of drug-likeness (QED) is 0.198. The highest BCUT2D eigenvalue weighted by molar-refractivity contribution is 7.53. The number of nitrogens with two attached hydrogens (primary N) is 1. The topological polar surface area (TPSA) is 235 Å². The highest BCUT2D eigenvalue weighted by Gasteiger charge is 2.52. The number of carboxylic acids is 1. The van der Waals surface area contributed by atoms with E-state index in [1.165, 1.54) is 28.9 Å². The molecule has 0 spiro atoms. The lowest BCUT2D eigenvalue weighted by Crippen LogP contribution is -2.61. The molecule has 0 radical (unpaired) electrons. The molecule has 20 heteroatoms. The lowest BCUT2D eigenvalue weighted by atomic mass is 10.1. The second-order valence-electron chi connectivity index (χ2n) is 11.5. The van der Waals surface area contributed by atoms with Crippen LogP contribution in [0.25, 0.3) is 10.1 Å². The molecule has 0 saturated carbocycles. The number of benzene rings is 1. The zero-order valence-electron chi connectivity index (χ0n) is 26.4. The number of fused-ring (bicyclic) bond motifs is 2. The fourth-order valence-electron chi connectivity index (χ4n) is 5.84. The van der Waals surface area contributed by atoms with Gasteiger partial charge in [-0.1, -0.05) is 6.07 Å². The summed E-state index contributed by atoms with van der Waals surface area (Å²) in [5.74, 6) is -4.48. The van der Waals surface area contributed by atoms with Gasteiger partial charge in [-0.3, -0.25) is 23.7 Å². The predicted octanol–water partition coefficient (Wildman–Crippen LogP) is 1.94. The van der Waals surface area contributed by atoms with Crippen molar-refractivity contribution in [3.8, 4) is 0 Å². The number of methoxy groups -OCH3 is 1. The number of hydrogen-bond donors (Lipinski definition) is 5. The van der Waals surface area contributed by atoms with E-state index < -0.39 is 85.3 Å². The first kappa shape index (κ1) is 37.6. The number of carbonyl (C=O) groups excluding carboxylic acids is 5. The fraction of sp³-hybridized carbons (Fsp3) is 0.517. The second kappa shape index (κ2) is 15.1. The van der Waals surface area contributed by atoms with E-state index >= 15 is 0 Å². The lowest BCUT2D eigenvalue weighted by Gasteiger charge is -2.38. The summed E-state index contributed by atoms with van der Waals surface area (Å²) in [5, 5.41) is 14.6. The molecule has 2 saturated heterocycles. The van der Waals surface area contributed by atoms with Crippen LogP contribution >= 0.6 is 18.9 Å². The first-order valence-corrected chi connectivity index (χ1v) is 17.6. The second-order valence-corrected chi connectivity index (χ2v) is 14.4. The van der Waals surface area contributed by atoms with Crippen molar-refractivity contribution >= 4 is 64.7 Å². The van der Waals surface area contributed by atoms with Crippen molar-refractivity contribution in [2.24, 2.45) is 5.73 Å². The monoisotopic (exact) mass is 731 g/mol. The minimum atomic E-state index is -5.38. The summed E-state index contributed by atoms with van der Waals surface area (Å²) in [7, 11) is -4.23. The molecule has 4 rings (SSSR count). The number of amides is 5. The summed E-state index contributed by atoms with van der Waals surface area (Å²) in [6.07, 6.45) is -0.615. The van der Waals surface area contributed by atoms with Gasteiger partial charge in [0, 0.05) is 29.3 Å². The molecular weight excluding hydrogens is 695 g/mol. The van der Waals surface area contributed by atoms with Crippen LogP contribution < -0.4 is 16.4 Å². The molecule has 0 aliphatic carbocycles. The van der Waals surface area contributed by atoms with Gasteiger partial charge in [0.15, 0.2) is 0 Å². The van der Waals surface area contributed by atoms with Crippen LogP contribution in [0.5, 0.6) is 0 Å². The number of nitrogens with one attached hydrogen (secondary N) is 2. The molecule has 49 heavy (non-hydrogen) atoms. The Morgan fingerprint density at radius 1 is 1.18 bits per heavy atom. The zero-order chi connectivity index (χ0) is 36.3. The molecule has 5 amide bonds. The molecule has 1 unspecified atom stereocenters. The number of ether oxygens (including phenoxy) is 1. The SMILES string of the molecule is CCOP(=O)(O)C(F)(F)c1ccc2sc(C(=O)N[C@H]3CN(C(=O)OC)CC[C@H]4CC[C@@H](C(=O)N[C@@H](CCC(N)=O)C(=O)O)N4C3=O)cc2c1. The van der Waals surface area contributed by atoms with E-state index in [0.29, 0.717) is 11.1 Å². The fourth-order valence-corrected chi connectivity index (χ4v) is 7.76. The van der Waals surface area contributed by atoms with Gasteiger partial charge >= 0.3 is 25.3 Å². The molecule has 2 aliphatic rings. The van der Waals surface area contributed by atoms with Crippen molar-refractivity contribution < 1.29 is 61.4 Å². The Morgan fingerprint density at radius 3 is 2.53 bits per heavy atom. The van der Waals surface area contributed by atoms with Crippen LogP contribution in [0.1, 0.15) is 54.3 Å². The zero-order valence-corrected chi connectivity index (χ0v) is 28.1. The number of carbonyl (C=O) groups is 6. The average molecular weight is 732 g/mol. The molecule has 1 aromatic carbocycles. The van der Waals surface area contributed by atoms with Crippen LogP contribution in [0, 0.1) is 0 Å². The summed E-state index contributed by atoms with van der Waals surface area (Å²) in [6, 6.07) is -0.148. The number of aliphatic carboxylic acids is 1. The van der Waals surface area contributed by atoms with E-state index in [1.54, 1.807) is 0 Å². The summed E-state index contributed by atoms with van der Waals surface area (Å²) in [6.45, 7) is 0.606. The number of hydrogen-bond acceptors (Lipinski definition) is 10. The third-order valence-electron chi connectivity index (χ3n) is 8.27. The molecule has 2 aliphatic heterocycles. The molecular formula is C29H36F2N5O11PS. The van der Waals surface area contributed by atoms with Gasteiger partial charge in [0.25, 0.3) is 5.91 Å². The summed E-state index contributed by atoms with van der Waals surface area (Å²) >= 11 is 0.892. The van der Waals surface area contributed by atoms with Crippen molar-refractivity contribution in [3.63, 3.8) is 0 Å². The smallest absolute Gasteiger partial charge is 0.409 e. The van der Waals surface area contributed by atoms with Crippen molar-refractivity contribution in [1.82, 2.24) is 20.4 Å². The van der Waals surface area contributed by atoms with E-state index in [9.17, 15) is 52.1 Å². The minimum Gasteiger partial charge on any atom is -0.480 e. The average Bonchev–Trinajstić information content (AvgIpc) is 3.66. The Balaban J connectivity index is 1.60. The molecule has 3 heterocycles.